The van der Waals surface area contributed by atoms with Gasteiger partial charge >= 0.3 is 0 Å². The highest BCUT2D eigenvalue weighted by Gasteiger charge is 2.29. The molecule has 2 aliphatic heterocycles. The number of pyridine rings is 1. The van der Waals surface area contributed by atoms with Crippen molar-refractivity contribution >= 4 is 32.4 Å². The summed E-state index contributed by atoms with van der Waals surface area (Å²) in [6, 6.07) is 7.07. The van der Waals surface area contributed by atoms with Gasteiger partial charge in [-0.25, -0.2) is 17.8 Å². The molecule has 0 radical (unpaired) electrons. The fourth-order valence-electron chi connectivity index (χ4n) is 5.29. The highest BCUT2D eigenvalue weighted by Crippen LogP contribution is 2.40. The van der Waals surface area contributed by atoms with E-state index in [2.05, 4.69) is 14.9 Å². The Morgan fingerprint density at radius 3 is 2.51 bits per heavy atom. The lowest BCUT2D eigenvalue weighted by Crippen LogP contribution is -2.38. The van der Waals surface area contributed by atoms with E-state index in [4.69, 9.17) is 4.98 Å². The number of benzene rings is 1. The van der Waals surface area contributed by atoms with E-state index in [9.17, 15) is 8.42 Å². The van der Waals surface area contributed by atoms with Crippen molar-refractivity contribution in [1.82, 2.24) is 14.9 Å². The van der Waals surface area contributed by atoms with E-state index in [1.165, 1.54) is 6.07 Å². The van der Waals surface area contributed by atoms with Gasteiger partial charge in [-0.15, -0.1) is 0 Å². The summed E-state index contributed by atoms with van der Waals surface area (Å²) in [5, 5.41) is 3.40. The van der Waals surface area contributed by atoms with Crippen LogP contribution in [0, 0.1) is 12.7 Å². The molecule has 5 rings (SSSR count). The fourth-order valence-corrected chi connectivity index (χ4v) is 6.78. The molecule has 2 fully saturated rings. The summed E-state index contributed by atoms with van der Waals surface area (Å²) >= 11 is 0. The molecule has 0 amide bonds. The lowest BCUT2D eigenvalue weighted by Gasteiger charge is -2.24. The molecule has 0 unspecified atom stereocenters. The van der Waals surface area contributed by atoms with E-state index in [-0.39, 0.29) is 11.9 Å². The molecule has 1 aromatic carbocycles. The molecule has 0 saturated carbocycles. The Morgan fingerprint density at radius 2 is 1.83 bits per heavy atom. The number of sulfonamides is 1. The van der Waals surface area contributed by atoms with E-state index >= 15 is 4.39 Å². The molecule has 188 valence electrons. The second kappa shape index (κ2) is 9.43. The minimum Gasteiger partial charge on any atom is -0.372 e. The smallest absolute Gasteiger partial charge is 0.235 e. The van der Waals surface area contributed by atoms with Gasteiger partial charge in [0.25, 0.3) is 0 Å². The molecule has 2 aromatic heterocycles. The topological polar surface area (TPSA) is 79.3 Å². The number of aromatic nitrogens is 2. The minimum atomic E-state index is -3.61. The van der Waals surface area contributed by atoms with Crippen molar-refractivity contribution < 1.29 is 12.8 Å². The van der Waals surface area contributed by atoms with Gasteiger partial charge in [-0.3, -0.25) is 4.72 Å². The third-order valence-electron chi connectivity index (χ3n) is 7.16. The van der Waals surface area contributed by atoms with Gasteiger partial charge in [0.05, 0.1) is 16.3 Å². The molecule has 9 heteroatoms. The van der Waals surface area contributed by atoms with Crippen molar-refractivity contribution in [1.29, 1.82) is 0 Å². The minimum absolute atomic E-state index is 0.0688. The highest BCUT2D eigenvalue weighted by molar-refractivity contribution is 7.93. The normalized spacial score (nSPS) is 17.6. The van der Waals surface area contributed by atoms with Gasteiger partial charge in [0.2, 0.25) is 10.0 Å². The standard InChI is InChI=1S/C26H34FN5O2S/c1-17(2)32-16-22(21-15-19(6-7-23(21)27)31-12-4-5-13-31)25-24(14-18(3)29-26(25)32)30-35(33,34)20-8-10-28-11-9-20/h6-7,14-17,20,28H,4-5,8-13H2,1-3H3,(H,29,30). The third kappa shape index (κ3) is 4.63. The zero-order valence-corrected chi connectivity index (χ0v) is 21.5. The molecular formula is C26H34FN5O2S. The second-order valence-electron chi connectivity index (χ2n) is 10.0. The molecule has 4 heterocycles. The number of aryl methyl sites for hydroxylation is 1. The molecule has 2 N–H and O–H groups in total. The Hall–Kier alpha value is -2.65. The number of piperidine rings is 1. The lowest BCUT2D eigenvalue weighted by molar-refractivity contribution is 0.499. The second-order valence-corrected chi connectivity index (χ2v) is 12.0. The van der Waals surface area contributed by atoms with E-state index < -0.39 is 15.3 Å². The Balaban J connectivity index is 1.68. The number of hydrogen-bond acceptors (Lipinski definition) is 5. The largest absolute Gasteiger partial charge is 0.372 e. The van der Waals surface area contributed by atoms with Crippen LogP contribution in [0.4, 0.5) is 15.8 Å². The molecule has 0 aliphatic carbocycles. The number of nitrogens with zero attached hydrogens (tertiary/aromatic N) is 3. The van der Waals surface area contributed by atoms with Gasteiger partial charge in [-0.05, 0) is 83.8 Å². The van der Waals surface area contributed by atoms with Gasteiger partial charge in [0, 0.05) is 47.8 Å². The van der Waals surface area contributed by atoms with Crippen LogP contribution < -0.4 is 14.9 Å². The van der Waals surface area contributed by atoms with Crippen molar-refractivity contribution in [2.45, 2.75) is 57.7 Å². The van der Waals surface area contributed by atoms with Crippen LogP contribution in [0.25, 0.3) is 22.2 Å². The van der Waals surface area contributed by atoms with E-state index in [0.29, 0.717) is 59.5 Å². The number of rotatable bonds is 6. The molecule has 0 spiro atoms. The predicted octanol–water partition coefficient (Wildman–Crippen LogP) is 4.83. The van der Waals surface area contributed by atoms with Crippen molar-refractivity contribution in [2.75, 3.05) is 35.8 Å². The van der Waals surface area contributed by atoms with Gasteiger partial charge < -0.3 is 14.8 Å². The van der Waals surface area contributed by atoms with Crippen molar-refractivity contribution in [3.63, 3.8) is 0 Å². The fraction of sp³-hybridized carbons (Fsp3) is 0.500. The molecule has 2 aliphatic rings. The maximum absolute atomic E-state index is 15.3. The summed E-state index contributed by atoms with van der Waals surface area (Å²) in [4.78, 5) is 7.03. The van der Waals surface area contributed by atoms with Crippen LogP contribution in [0.5, 0.6) is 0 Å². The number of anilines is 2. The average Bonchev–Trinajstić information content (AvgIpc) is 3.48. The molecule has 7 nitrogen and oxygen atoms in total. The van der Waals surface area contributed by atoms with Crippen molar-refractivity contribution in [3.05, 3.63) is 42.0 Å². The van der Waals surface area contributed by atoms with Gasteiger partial charge in [0.15, 0.2) is 0 Å². The SMILES string of the molecule is Cc1cc(NS(=O)(=O)C2CCNCC2)c2c(-c3cc(N4CCCC4)ccc3F)cn(C(C)C)c2n1. The number of fused-ring (bicyclic) bond motifs is 1. The molecule has 0 bridgehead atoms. The summed E-state index contributed by atoms with van der Waals surface area (Å²) < 4.78 is 46.9. The zero-order chi connectivity index (χ0) is 24.7. The molecule has 0 atom stereocenters. The van der Waals surface area contributed by atoms with Crippen LogP contribution in [0.15, 0.2) is 30.5 Å². The van der Waals surface area contributed by atoms with Crippen LogP contribution in [0.3, 0.4) is 0 Å². The molecule has 35 heavy (non-hydrogen) atoms. The van der Waals surface area contributed by atoms with Crippen LogP contribution in [-0.4, -0.2) is 49.4 Å². The van der Waals surface area contributed by atoms with Crippen LogP contribution in [0.2, 0.25) is 0 Å². The Kier molecular flexibility index (Phi) is 6.48. The monoisotopic (exact) mass is 499 g/mol. The first-order chi connectivity index (χ1) is 16.7. The third-order valence-corrected chi connectivity index (χ3v) is 9.01. The van der Waals surface area contributed by atoms with Crippen LogP contribution >= 0.6 is 0 Å². The number of nitrogens with one attached hydrogen (secondary N) is 2. The number of halogens is 1. The number of hydrogen-bond donors (Lipinski definition) is 2. The quantitative estimate of drug-likeness (QED) is 0.508. The van der Waals surface area contributed by atoms with E-state index in [1.54, 1.807) is 6.07 Å². The molecule has 3 aromatic rings. The first kappa shape index (κ1) is 24.1. The highest BCUT2D eigenvalue weighted by atomic mass is 32.2. The summed E-state index contributed by atoms with van der Waals surface area (Å²) in [5.74, 6) is -0.330. The molecule has 2 saturated heterocycles. The van der Waals surface area contributed by atoms with Crippen LogP contribution in [-0.2, 0) is 10.0 Å². The maximum atomic E-state index is 15.3. The van der Waals surface area contributed by atoms with Gasteiger partial charge in [-0.2, -0.15) is 0 Å². The Bertz CT molecular complexity index is 1340. The lowest BCUT2D eigenvalue weighted by atomic mass is 10.0. The predicted molar refractivity (Wildman–Crippen MR) is 140 cm³/mol. The van der Waals surface area contributed by atoms with E-state index in [1.807, 2.05) is 43.7 Å². The summed E-state index contributed by atoms with van der Waals surface area (Å²) in [6.07, 6.45) is 5.30. The summed E-state index contributed by atoms with van der Waals surface area (Å²) in [6.45, 7) is 9.22. The summed E-state index contributed by atoms with van der Waals surface area (Å²) in [7, 11) is -3.61. The van der Waals surface area contributed by atoms with E-state index in [0.717, 1.165) is 31.6 Å². The maximum Gasteiger partial charge on any atom is 0.235 e. The van der Waals surface area contributed by atoms with Crippen molar-refractivity contribution in [3.8, 4) is 11.1 Å². The van der Waals surface area contributed by atoms with Crippen molar-refractivity contribution in [2.24, 2.45) is 0 Å². The average molecular weight is 500 g/mol. The first-order valence-electron chi connectivity index (χ1n) is 12.5. The Morgan fingerprint density at radius 1 is 1.11 bits per heavy atom. The summed E-state index contributed by atoms with van der Waals surface area (Å²) in [5.41, 5.74) is 3.93. The van der Waals surface area contributed by atoms with Gasteiger partial charge in [0.1, 0.15) is 11.5 Å². The molecular weight excluding hydrogens is 465 g/mol. The van der Waals surface area contributed by atoms with Crippen LogP contribution in [0.1, 0.15) is 51.3 Å². The first-order valence-corrected chi connectivity index (χ1v) is 14.1. The zero-order valence-electron chi connectivity index (χ0n) is 20.6. The van der Waals surface area contributed by atoms with Gasteiger partial charge in [-0.1, -0.05) is 0 Å². The Labute approximate surface area is 206 Å².